The van der Waals surface area contributed by atoms with Crippen molar-refractivity contribution >= 4 is 58.1 Å². The quantitative estimate of drug-likeness (QED) is 0.227. The normalized spacial score (nSPS) is 16.0. The SMILES string of the molecule is CCC(Oc1ccc(C(C)(C)CC)cc1C(C)(C)CC)C(=O)NC1=NN(c2c(Cl)cc(Cl)cc2Cl)C(=O)C1n1ccc(=N)cc1. The molecule has 0 aliphatic carbocycles. The second-order valence-corrected chi connectivity index (χ2v) is 13.7. The first-order chi connectivity index (χ1) is 21.1. The molecule has 0 bridgehead atoms. The van der Waals surface area contributed by atoms with Crippen LogP contribution < -0.4 is 20.4 Å². The highest BCUT2D eigenvalue weighted by Gasteiger charge is 2.41. The average Bonchev–Trinajstić information content (AvgIpc) is 3.30. The molecule has 0 spiro atoms. The molecule has 2 N–H and O–H groups in total. The van der Waals surface area contributed by atoms with Gasteiger partial charge in [-0.05, 0) is 66.0 Å². The van der Waals surface area contributed by atoms with Crippen LogP contribution in [0.3, 0.4) is 0 Å². The van der Waals surface area contributed by atoms with Gasteiger partial charge in [-0.2, -0.15) is 5.01 Å². The standard InChI is InChI=1S/C34H40Cl3N5O3/c1-8-26(45-27-12-11-20(33(4,5)9-2)17-23(27)34(6,7)10-3)31(43)39-30-29(41-15-13-22(38)14-16-41)32(44)42(40-30)28-24(36)18-21(35)19-25(28)37/h11-19,26,29,38H,8-10H2,1-7H3,(H,39,40,43). The number of carbonyl (C=O) groups excluding carboxylic acids is 2. The minimum absolute atomic E-state index is 0.0155. The van der Waals surface area contributed by atoms with Gasteiger partial charge in [-0.3, -0.25) is 9.59 Å². The molecule has 2 atom stereocenters. The van der Waals surface area contributed by atoms with Crippen LogP contribution in [0.4, 0.5) is 5.69 Å². The Kier molecular flexibility index (Phi) is 10.4. The molecule has 2 heterocycles. The fourth-order valence-electron chi connectivity index (χ4n) is 4.97. The molecule has 0 saturated carbocycles. The van der Waals surface area contributed by atoms with E-state index < -0.39 is 24.0 Å². The van der Waals surface area contributed by atoms with Gasteiger partial charge in [0.25, 0.3) is 11.8 Å². The van der Waals surface area contributed by atoms with Gasteiger partial charge in [0, 0.05) is 23.0 Å². The fraction of sp³-hybridized carbons (Fsp3) is 0.412. The predicted molar refractivity (Wildman–Crippen MR) is 182 cm³/mol. The molecule has 3 aromatic rings. The zero-order valence-electron chi connectivity index (χ0n) is 26.7. The van der Waals surface area contributed by atoms with Crippen LogP contribution in [0.1, 0.15) is 84.9 Å². The Morgan fingerprint density at radius 2 is 1.58 bits per heavy atom. The zero-order valence-corrected chi connectivity index (χ0v) is 28.9. The molecule has 2 amide bonds. The number of anilines is 1. The van der Waals surface area contributed by atoms with E-state index in [0.29, 0.717) is 17.2 Å². The molecule has 1 aliphatic heterocycles. The minimum atomic E-state index is -1.06. The van der Waals surface area contributed by atoms with E-state index in [9.17, 15) is 9.59 Å². The topological polar surface area (TPSA) is 99.8 Å². The Labute approximate surface area is 279 Å². The summed E-state index contributed by atoms with van der Waals surface area (Å²) in [6.07, 6.45) is 4.50. The first-order valence-corrected chi connectivity index (χ1v) is 16.2. The van der Waals surface area contributed by atoms with E-state index in [1.807, 2.05) is 13.0 Å². The van der Waals surface area contributed by atoms with Gasteiger partial charge in [0.1, 0.15) is 11.4 Å². The van der Waals surface area contributed by atoms with E-state index in [1.54, 1.807) is 17.0 Å². The second-order valence-electron chi connectivity index (χ2n) is 12.5. The fourth-order valence-corrected chi connectivity index (χ4v) is 5.95. The van der Waals surface area contributed by atoms with E-state index in [-0.39, 0.29) is 37.8 Å². The summed E-state index contributed by atoms with van der Waals surface area (Å²) >= 11 is 19.0. The monoisotopic (exact) mass is 671 g/mol. The number of pyridine rings is 1. The summed E-state index contributed by atoms with van der Waals surface area (Å²) in [6.45, 7) is 15.0. The third-order valence-electron chi connectivity index (χ3n) is 8.70. The molecule has 1 aromatic heterocycles. The van der Waals surface area contributed by atoms with Gasteiger partial charge < -0.3 is 20.0 Å². The highest BCUT2D eigenvalue weighted by molar-refractivity contribution is 6.42. The number of rotatable bonds is 10. The maximum atomic E-state index is 13.8. The molecule has 11 heteroatoms. The molecular weight excluding hydrogens is 633 g/mol. The number of amidine groups is 1. The van der Waals surface area contributed by atoms with E-state index in [0.717, 1.165) is 23.4 Å². The number of halogens is 3. The van der Waals surface area contributed by atoms with Crippen LogP contribution in [-0.4, -0.2) is 28.3 Å². The Bertz CT molecular complexity index is 1660. The second kappa shape index (κ2) is 13.6. The van der Waals surface area contributed by atoms with Crippen LogP contribution >= 0.6 is 34.8 Å². The predicted octanol–water partition coefficient (Wildman–Crippen LogP) is 8.18. The summed E-state index contributed by atoms with van der Waals surface area (Å²) in [5.41, 5.74) is 2.17. The molecule has 4 rings (SSSR count). The van der Waals surface area contributed by atoms with Gasteiger partial charge in [-0.15, -0.1) is 5.10 Å². The molecule has 0 radical (unpaired) electrons. The van der Waals surface area contributed by atoms with Crippen molar-refractivity contribution in [3.63, 3.8) is 0 Å². The molecule has 1 aliphatic rings. The third kappa shape index (κ3) is 7.24. The molecule has 0 saturated heterocycles. The average molecular weight is 673 g/mol. The molecular formula is C34H40Cl3N5O3. The van der Waals surface area contributed by atoms with Crippen molar-refractivity contribution in [1.82, 2.24) is 9.88 Å². The number of aromatic nitrogens is 1. The van der Waals surface area contributed by atoms with Gasteiger partial charge in [0.05, 0.1) is 15.4 Å². The minimum Gasteiger partial charge on any atom is -0.480 e. The van der Waals surface area contributed by atoms with Crippen LogP contribution in [0, 0.1) is 5.41 Å². The number of amides is 2. The molecule has 2 aromatic carbocycles. The maximum Gasteiger partial charge on any atom is 0.278 e. The van der Waals surface area contributed by atoms with E-state index in [2.05, 4.69) is 64.1 Å². The zero-order chi connectivity index (χ0) is 33.3. The van der Waals surface area contributed by atoms with Crippen molar-refractivity contribution in [3.8, 4) is 5.75 Å². The van der Waals surface area contributed by atoms with E-state index in [4.69, 9.17) is 44.9 Å². The van der Waals surface area contributed by atoms with Gasteiger partial charge in [0.2, 0.25) is 0 Å². The van der Waals surface area contributed by atoms with Gasteiger partial charge in [0.15, 0.2) is 18.0 Å². The number of hydrogen-bond donors (Lipinski definition) is 2. The Balaban J connectivity index is 1.71. The first-order valence-electron chi connectivity index (χ1n) is 15.0. The molecule has 8 nitrogen and oxygen atoms in total. The van der Waals surface area contributed by atoms with E-state index in [1.165, 1.54) is 29.8 Å². The summed E-state index contributed by atoms with van der Waals surface area (Å²) in [5.74, 6) is -0.261. The number of carbonyl (C=O) groups is 2. The van der Waals surface area contributed by atoms with Gasteiger partial charge in [-0.25, -0.2) is 0 Å². The summed E-state index contributed by atoms with van der Waals surface area (Å²) in [7, 11) is 0. The van der Waals surface area contributed by atoms with Crippen molar-refractivity contribution < 1.29 is 14.3 Å². The van der Waals surface area contributed by atoms with Crippen LogP contribution in [0.25, 0.3) is 0 Å². The highest BCUT2D eigenvalue weighted by atomic mass is 35.5. The smallest absolute Gasteiger partial charge is 0.278 e. The molecule has 240 valence electrons. The van der Waals surface area contributed by atoms with Gasteiger partial charge >= 0.3 is 0 Å². The van der Waals surface area contributed by atoms with Crippen molar-refractivity contribution in [2.24, 2.45) is 5.10 Å². The lowest BCUT2D eigenvalue weighted by molar-refractivity contribution is -0.126. The van der Waals surface area contributed by atoms with Crippen molar-refractivity contribution in [3.05, 3.63) is 86.4 Å². The Morgan fingerprint density at radius 1 is 0.978 bits per heavy atom. The lowest BCUT2D eigenvalue weighted by atomic mass is 9.76. The lowest BCUT2D eigenvalue weighted by Crippen LogP contribution is -2.44. The summed E-state index contributed by atoms with van der Waals surface area (Å²) in [5, 5.41) is 17.1. The van der Waals surface area contributed by atoms with E-state index >= 15 is 0 Å². The third-order valence-corrected chi connectivity index (χ3v) is 9.49. The number of hydrogen-bond acceptors (Lipinski definition) is 5. The number of nitrogens with one attached hydrogen (secondary N) is 2. The Hall–Kier alpha value is -3.33. The summed E-state index contributed by atoms with van der Waals surface area (Å²) < 4.78 is 8.01. The number of hydrazone groups is 1. The Morgan fingerprint density at radius 3 is 2.13 bits per heavy atom. The largest absolute Gasteiger partial charge is 0.480 e. The van der Waals surface area contributed by atoms with Gasteiger partial charge in [-0.1, -0.05) is 95.4 Å². The summed E-state index contributed by atoms with van der Waals surface area (Å²) in [6, 6.07) is 11.2. The number of ether oxygens (including phenoxy) is 1. The highest BCUT2D eigenvalue weighted by Crippen LogP contribution is 2.41. The van der Waals surface area contributed by atoms with Crippen molar-refractivity contribution in [2.45, 2.75) is 90.7 Å². The lowest BCUT2D eigenvalue weighted by Gasteiger charge is -2.31. The van der Waals surface area contributed by atoms with Crippen LogP contribution in [0.15, 0.2) is 60.0 Å². The summed E-state index contributed by atoms with van der Waals surface area (Å²) in [4.78, 5) is 27.7. The number of nitrogens with zero attached hydrogens (tertiary/aromatic N) is 3. The number of benzene rings is 2. The maximum absolute atomic E-state index is 13.8. The van der Waals surface area contributed by atoms with Crippen molar-refractivity contribution in [1.29, 1.82) is 5.41 Å². The first kappa shape index (κ1) is 34.5. The van der Waals surface area contributed by atoms with Crippen molar-refractivity contribution in [2.75, 3.05) is 5.01 Å². The molecule has 0 fully saturated rings. The van der Waals surface area contributed by atoms with Crippen LogP contribution in [0.2, 0.25) is 15.1 Å². The van der Waals surface area contributed by atoms with Crippen LogP contribution in [-0.2, 0) is 20.4 Å². The van der Waals surface area contributed by atoms with Crippen LogP contribution in [0.5, 0.6) is 5.75 Å². The molecule has 45 heavy (non-hydrogen) atoms. The molecule has 2 unspecified atom stereocenters.